The van der Waals surface area contributed by atoms with E-state index < -0.39 is 0 Å². The Kier molecular flexibility index (Phi) is 5.16. The lowest BCUT2D eigenvalue weighted by Gasteiger charge is -2.08. The van der Waals surface area contributed by atoms with Gasteiger partial charge in [-0.15, -0.1) is 11.8 Å². The van der Waals surface area contributed by atoms with Crippen LogP contribution in [-0.2, 0) is 6.42 Å². The van der Waals surface area contributed by atoms with Gasteiger partial charge in [0.05, 0.1) is 7.11 Å². The van der Waals surface area contributed by atoms with E-state index in [4.69, 9.17) is 10.5 Å². The van der Waals surface area contributed by atoms with Crippen molar-refractivity contribution >= 4 is 17.4 Å². The van der Waals surface area contributed by atoms with Crippen molar-refractivity contribution in [2.45, 2.75) is 17.7 Å². The van der Waals surface area contributed by atoms with Gasteiger partial charge in [-0.1, -0.05) is 30.3 Å². The maximum absolute atomic E-state index is 5.74. The van der Waals surface area contributed by atoms with Crippen LogP contribution >= 0.6 is 11.8 Å². The molecule has 0 aliphatic rings. The fourth-order valence-electron chi connectivity index (χ4n) is 1.91. The summed E-state index contributed by atoms with van der Waals surface area (Å²) < 4.78 is 5.34. The molecule has 0 bridgehead atoms. The summed E-state index contributed by atoms with van der Waals surface area (Å²) >= 11 is 1.82. The third-order valence-corrected chi connectivity index (χ3v) is 4.04. The number of methoxy groups -OCH3 is 1. The Bertz CT molecular complexity index is 513. The van der Waals surface area contributed by atoms with E-state index in [0.717, 1.165) is 34.9 Å². The summed E-state index contributed by atoms with van der Waals surface area (Å²) in [5.74, 6) is 1.94. The van der Waals surface area contributed by atoms with E-state index >= 15 is 0 Å². The molecule has 0 heterocycles. The highest BCUT2D eigenvalue weighted by Gasteiger charge is 2.03. The topological polar surface area (TPSA) is 35.2 Å². The molecule has 2 aromatic rings. The van der Waals surface area contributed by atoms with E-state index in [1.54, 1.807) is 7.11 Å². The molecule has 0 saturated carbocycles. The Morgan fingerprint density at radius 2 is 1.89 bits per heavy atom. The van der Waals surface area contributed by atoms with Crippen molar-refractivity contribution in [1.82, 2.24) is 0 Å². The number of rotatable bonds is 6. The molecule has 0 amide bonds. The first-order chi connectivity index (χ1) is 9.29. The third-order valence-electron chi connectivity index (χ3n) is 2.90. The Labute approximate surface area is 119 Å². The Hall–Kier alpha value is -1.61. The van der Waals surface area contributed by atoms with Gasteiger partial charge in [-0.3, -0.25) is 0 Å². The van der Waals surface area contributed by atoms with Crippen molar-refractivity contribution < 1.29 is 4.74 Å². The van der Waals surface area contributed by atoms with Crippen LogP contribution in [0.5, 0.6) is 5.75 Å². The van der Waals surface area contributed by atoms with Gasteiger partial charge < -0.3 is 10.5 Å². The van der Waals surface area contributed by atoms with Crippen LogP contribution in [0.3, 0.4) is 0 Å². The zero-order valence-electron chi connectivity index (χ0n) is 11.1. The van der Waals surface area contributed by atoms with Gasteiger partial charge in [-0.2, -0.15) is 0 Å². The minimum absolute atomic E-state index is 0.741. The number of nitrogens with two attached hydrogens (primary N) is 1. The summed E-state index contributed by atoms with van der Waals surface area (Å²) in [6.07, 6.45) is 2.27. The normalized spacial score (nSPS) is 10.4. The Morgan fingerprint density at radius 3 is 2.63 bits per heavy atom. The quantitative estimate of drug-likeness (QED) is 0.491. The lowest BCUT2D eigenvalue weighted by Crippen LogP contribution is -1.92. The van der Waals surface area contributed by atoms with Gasteiger partial charge in [0.1, 0.15) is 5.75 Å². The average molecular weight is 273 g/mol. The first-order valence-corrected chi connectivity index (χ1v) is 7.38. The number of anilines is 1. The fourth-order valence-corrected chi connectivity index (χ4v) is 2.86. The predicted molar refractivity (Wildman–Crippen MR) is 82.9 cm³/mol. The van der Waals surface area contributed by atoms with Crippen LogP contribution in [0.15, 0.2) is 53.4 Å². The largest absolute Gasteiger partial charge is 0.496 e. The fraction of sp³-hybridized carbons (Fsp3) is 0.250. The van der Waals surface area contributed by atoms with E-state index in [1.165, 1.54) is 5.56 Å². The molecule has 0 aliphatic carbocycles. The molecular formula is C16H19NOS. The molecule has 0 aromatic heterocycles. The molecule has 0 spiro atoms. The summed E-state index contributed by atoms with van der Waals surface area (Å²) in [5.41, 5.74) is 7.88. The van der Waals surface area contributed by atoms with Gasteiger partial charge in [0.25, 0.3) is 0 Å². The lowest BCUT2D eigenvalue weighted by atomic mass is 10.1. The number of nitrogen functional groups attached to an aromatic ring is 1. The molecule has 0 saturated heterocycles. The highest BCUT2D eigenvalue weighted by atomic mass is 32.2. The smallest absolute Gasteiger partial charge is 0.134 e. The van der Waals surface area contributed by atoms with E-state index in [9.17, 15) is 0 Å². The van der Waals surface area contributed by atoms with Gasteiger partial charge in [-0.25, -0.2) is 0 Å². The van der Waals surface area contributed by atoms with Crippen molar-refractivity contribution in [3.8, 4) is 5.75 Å². The van der Waals surface area contributed by atoms with Crippen LogP contribution in [0.25, 0.3) is 0 Å². The van der Waals surface area contributed by atoms with E-state index in [1.807, 2.05) is 30.0 Å². The van der Waals surface area contributed by atoms with Crippen LogP contribution in [0.4, 0.5) is 5.69 Å². The van der Waals surface area contributed by atoms with Gasteiger partial charge in [0, 0.05) is 16.6 Å². The second-order valence-corrected chi connectivity index (χ2v) is 5.48. The molecule has 19 heavy (non-hydrogen) atoms. The molecule has 2 N–H and O–H groups in total. The van der Waals surface area contributed by atoms with Gasteiger partial charge in [0.2, 0.25) is 0 Å². The predicted octanol–water partition coefficient (Wildman–Crippen LogP) is 4.00. The van der Waals surface area contributed by atoms with Crippen molar-refractivity contribution in [3.05, 3.63) is 54.1 Å². The number of ether oxygens (including phenoxy) is 1. The van der Waals surface area contributed by atoms with Crippen LogP contribution < -0.4 is 10.5 Å². The Balaban J connectivity index is 1.83. The molecule has 0 atom stereocenters. The maximum atomic E-state index is 5.74. The van der Waals surface area contributed by atoms with Crippen LogP contribution in [-0.4, -0.2) is 12.9 Å². The minimum Gasteiger partial charge on any atom is -0.496 e. The van der Waals surface area contributed by atoms with Gasteiger partial charge in [0.15, 0.2) is 0 Å². The van der Waals surface area contributed by atoms with Gasteiger partial charge in [-0.05, 0) is 36.3 Å². The summed E-state index contributed by atoms with van der Waals surface area (Å²) in [7, 11) is 1.68. The average Bonchev–Trinajstić information content (AvgIpc) is 2.46. The second-order valence-electron chi connectivity index (χ2n) is 4.35. The third kappa shape index (κ3) is 4.21. The SMILES string of the molecule is COc1cc(N)ccc1SCCCc1ccccc1. The maximum Gasteiger partial charge on any atom is 0.134 e. The molecule has 0 fully saturated rings. The molecule has 100 valence electrons. The van der Waals surface area contributed by atoms with Crippen LogP contribution in [0, 0.1) is 0 Å². The summed E-state index contributed by atoms with van der Waals surface area (Å²) in [5, 5.41) is 0. The number of aryl methyl sites for hydroxylation is 1. The van der Waals surface area contributed by atoms with Crippen LogP contribution in [0.2, 0.25) is 0 Å². The van der Waals surface area contributed by atoms with E-state index in [-0.39, 0.29) is 0 Å². The number of hydrogen-bond acceptors (Lipinski definition) is 3. The first-order valence-electron chi connectivity index (χ1n) is 6.40. The molecule has 0 radical (unpaired) electrons. The molecule has 0 unspecified atom stereocenters. The summed E-state index contributed by atoms with van der Waals surface area (Å²) in [6, 6.07) is 16.4. The lowest BCUT2D eigenvalue weighted by molar-refractivity contribution is 0.405. The van der Waals surface area contributed by atoms with Crippen molar-refractivity contribution in [1.29, 1.82) is 0 Å². The van der Waals surface area contributed by atoms with Gasteiger partial charge >= 0.3 is 0 Å². The standard InChI is InChI=1S/C16H19NOS/c1-18-15-12-14(17)9-10-16(15)19-11-5-8-13-6-3-2-4-7-13/h2-4,6-7,9-10,12H,5,8,11,17H2,1H3. The highest BCUT2D eigenvalue weighted by molar-refractivity contribution is 7.99. The zero-order chi connectivity index (χ0) is 13.5. The number of hydrogen-bond donors (Lipinski definition) is 1. The second kappa shape index (κ2) is 7.10. The monoisotopic (exact) mass is 273 g/mol. The van der Waals surface area contributed by atoms with Crippen LogP contribution in [0.1, 0.15) is 12.0 Å². The molecule has 2 aromatic carbocycles. The van der Waals surface area contributed by atoms with Crippen molar-refractivity contribution in [2.75, 3.05) is 18.6 Å². The summed E-state index contributed by atoms with van der Waals surface area (Å²) in [4.78, 5) is 1.16. The first kappa shape index (κ1) is 13.8. The Morgan fingerprint density at radius 1 is 1.11 bits per heavy atom. The molecule has 2 nitrogen and oxygen atoms in total. The molecule has 2 rings (SSSR count). The molecular weight excluding hydrogens is 254 g/mol. The van der Waals surface area contributed by atoms with Crippen molar-refractivity contribution in [3.63, 3.8) is 0 Å². The van der Waals surface area contributed by atoms with Crippen molar-refractivity contribution in [2.24, 2.45) is 0 Å². The highest BCUT2D eigenvalue weighted by Crippen LogP contribution is 2.31. The number of benzene rings is 2. The molecule has 0 aliphatic heterocycles. The number of thioether (sulfide) groups is 1. The minimum atomic E-state index is 0.741. The molecule has 3 heteroatoms. The zero-order valence-corrected chi connectivity index (χ0v) is 12.0. The van der Waals surface area contributed by atoms with E-state index in [2.05, 4.69) is 30.3 Å². The summed E-state index contributed by atoms with van der Waals surface area (Å²) in [6.45, 7) is 0. The van der Waals surface area contributed by atoms with E-state index in [0.29, 0.717) is 0 Å².